The lowest BCUT2D eigenvalue weighted by molar-refractivity contribution is 0.0993. The van der Waals surface area contributed by atoms with Gasteiger partial charge in [-0.05, 0) is 13.0 Å². The van der Waals surface area contributed by atoms with E-state index in [-0.39, 0.29) is 5.69 Å². The molecule has 2 heterocycles. The van der Waals surface area contributed by atoms with Gasteiger partial charge in [-0.25, -0.2) is 9.50 Å². The maximum absolute atomic E-state index is 11.1. The largest absolute Gasteiger partial charge is 0.385 e. The average molecular weight is 205 g/mol. The van der Waals surface area contributed by atoms with Crippen molar-refractivity contribution in [3.63, 3.8) is 0 Å². The molecule has 0 saturated carbocycles. The Hall–Kier alpha value is -2.11. The summed E-state index contributed by atoms with van der Waals surface area (Å²) in [7, 11) is 1.79. The van der Waals surface area contributed by atoms with Crippen LogP contribution in [0.15, 0.2) is 12.3 Å². The van der Waals surface area contributed by atoms with Gasteiger partial charge in [-0.15, -0.1) is 0 Å². The van der Waals surface area contributed by atoms with Crippen molar-refractivity contribution >= 4 is 17.2 Å². The molecule has 0 aliphatic rings. The van der Waals surface area contributed by atoms with E-state index in [1.807, 2.05) is 13.0 Å². The molecule has 2 aromatic rings. The van der Waals surface area contributed by atoms with Crippen molar-refractivity contribution in [1.82, 2.24) is 14.6 Å². The molecule has 2 aromatic heterocycles. The van der Waals surface area contributed by atoms with Gasteiger partial charge in [0.2, 0.25) is 0 Å². The lowest BCUT2D eigenvalue weighted by Gasteiger charge is -2.04. The van der Waals surface area contributed by atoms with Crippen LogP contribution in [-0.4, -0.2) is 27.6 Å². The second kappa shape index (κ2) is 3.23. The van der Waals surface area contributed by atoms with Crippen LogP contribution in [-0.2, 0) is 0 Å². The van der Waals surface area contributed by atoms with Crippen molar-refractivity contribution < 1.29 is 4.79 Å². The number of rotatable bonds is 2. The number of nitrogens with two attached hydrogens (primary N) is 1. The maximum Gasteiger partial charge on any atom is 0.269 e. The first-order chi connectivity index (χ1) is 7.13. The van der Waals surface area contributed by atoms with Crippen LogP contribution in [0, 0.1) is 6.92 Å². The van der Waals surface area contributed by atoms with E-state index < -0.39 is 5.91 Å². The summed E-state index contributed by atoms with van der Waals surface area (Å²) in [5.41, 5.74) is 7.68. The third-order valence-electron chi connectivity index (χ3n) is 2.11. The number of imidazole rings is 1. The number of hydrogen-bond donors (Lipinski definition) is 2. The van der Waals surface area contributed by atoms with Crippen LogP contribution in [0.25, 0.3) is 5.65 Å². The highest BCUT2D eigenvalue weighted by Crippen LogP contribution is 2.16. The summed E-state index contributed by atoms with van der Waals surface area (Å²) in [6, 6.07) is 1.85. The Balaban J connectivity index is 2.80. The average Bonchev–Trinajstić information content (AvgIpc) is 2.59. The zero-order chi connectivity index (χ0) is 11.0. The lowest BCUT2D eigenvalue weighted by atomic mass is 10.3. The normalized spacial score (nSPS) is 10.5. The van der Waals surface area contributed by atoms with Crippen LogP contribution < -0.4 is 11.1 Å². The summed E-state index contributed by atoms with van der Waals surface area (Å²) in [5, 5.41) is 7.17. The predicted molar refractivity (Wildman–Crippen MR) is 55.8 cm³/mol. The van der Waals surface area contributed by atoms with E-state index in [1.165, 1.54) is 10.7 Å². The number of primary amides is 1. The van der Waals surface area contributed by atoms with Gasteiger partial charge in [0, 0.05) is 7.05 Å². The molecule has 0 saturated heterocycles. The summed E-state index contributed by atoms with van der Waals surface area (Å²) < 4.78 is 1.45. The fraction of sp³-hybridized carbons (Fsp3) is 0.222. The first kappa shape index (κ1) is 9.45. The van der Waals surface area contributed by atoms with Gasteiger partial charge in [0.1, 0.15) is 5.69 Å². The topological polar surface area (TPSA) is 85.3 Å². The van der Waals surface area contributed by atoms with Crippen LogP contribution in [0.4, 0.5) is 5.69 Å². The molecule has 0 aliphatic heterocycles. The van der Waals surface area contributed by atoms with Gasteiger partial charge in [0.15, 0.2) is 5.65 Å². The van der Waals surface area contributed by atoms with Crippen molar-refractivity contribution in [2.75, 3.05) is 12.4 Å². The van der Waals surface area contributed by atoms with Crippen molar-refractivity contribution in [3.8, 4) is 0 Å². The molecule has 0 atom stereocenters. The lowest BCUT2D eigenvalue weighted by Crippen LogP contribution is -2.15. The molecule has 6 heteroatoms. The minimum Gasteiger partial charge on any atom is -0.385 e. The second-order valence-electron chi connectivity index (χ2n) is 3.19. The molecular weight excluding hydrogens is 194 g/mol. The minimum absolute atomic E-state index is 0.283. The number of aryl methyl sites for hydroxylation is 1. The molecule has 0 spiro atoms. The van der Waals surface area contributed by atoms with Crippen LogP contribution in [0.1, 0.15) is 16.2 Å². The van der Waals surface area contributed by atoms with Crippen LogP contribution in [0.3, 0.4) is 0 Å². The Morgan fingerprint density at radius 2 is 2.33 bits per heavy atom. The number of aromatic nitrogens is 3. The number of carbonyl (C=O) groups excluding carboxylic acids is 1. The van der Waals surface area contributed by atoms with Gasteiger partial charge in [0.25, 0.3) is 5.91 Å². The van der Waals surface area contributed by atoms with Crippen molar-refractivity contribution in [1.29, 1.82) is 0 Å². The number of hydrogen-bond acceptors (Lipinski definition) is 4. The summed E-state index contributed by atoms with van der Waals surface area (Å²) in [6.07, 6.45) is 1.42. The maximum atomic E-state index is 11.1. The number of amides is 1. The van der Waals surface area contributed by atoms with Gasteiger partial charge in [0.05, 0.1) is 17.6 Å². The molecule has 0 bridgehead atoms. The minimum atomic E-state index is -0.539. The van der Waals surface area contributed by atoms with E-state index in [9.17, 15) is 4.79 Å². The van der Waals surface area contributed by atoms with E-state index in [0.29, 0.717) is 5.65 Å². The molecule has 0 unspecified atom stereocenters. The SMILES string of the molecule is CNc1cc(C)nn2c(C(N)=O)cnc12. The molecular formula is C9H11N5O. The van der Waals surface area contributed by atoms with E-state index in [1.54, 1.807) is 7.05 Å². The van der Waals surface area contributed by atoms with Crippen LogP contribution in [0.2, 0.25) is 0 Å². The zero-order valence-corrected chi connectivity index (χ0v) is 8.48. The number of carbonyl (C=O) groups is 1. The quantitative estimate of drug-likeness (QED) is 0.732. The van der Waals surface area contributed by atoms with E-state index in [0.717, 1.165) is 11.4 Å². The molecule has 0 fully saturated rings. The number of nitrogens with one attached hydrogen (secondary N) is 1. The predicted octanol–water partition coefficient (Wildman–Crippen LogP) is 0.178. The monoisotopic (exact) mass is 205 g/mol. The molecule has 1 amide bonds. The zero-order valence-electron chi connectivity index (χ0n) is 8.48. The Morgan fingerprint density at radius 3 is 2.93 bits per heavy atom. The summed E-state index contributed by atoms with van der Waals surface area (Å²) in [4.78, 5) is 15.2. The fourth-order valence-electron chi connectivity index (χ4n) is 1.44. The Labute approximate surface area is 86.1 Å². The summed E-state index contributed by atoms with van der Waals surface area (Å²) in [6.45, 7) is 1.84. The van der Waals surface area contributed by atoms with E-state index in [4.69, 9.17) is 5.73 Å². The standard InChI is InChI=1S/C9H11N5O/c1-5-3-6(11-2)9-12-4-7(8(10)15)14(9)13-5/h3-4,11H,1-2H3,(H2,10,15). The number of anilines is 1. The number of nitrogens with zero attached hydrogens (tertiary/aromatic N) is 3. The highest BCUT2D eigenvalue weighted by atomic mass is 16.1. The second-order valence-corrected chi connectivity index (χ2v) is 3.19. The third kappa shape index (κ3) is 1.39. The van der Waals surface area contributed by atoms with Crippen LogP contribution >= 0.6 is 0 Å². The van der Waals surface area contributed by atoms with Crippen molar-refractivity contribution in [2.45, 2.75) is 6.92 Å². The summed E-state index contributed by atoms with van der Waals surface area (Å²) >= 11 is 0. The van der Waals surface area contributed by atoms with E-state index >= 15 is 0 Å². The molecule has 0 aromatic carbocycles. The molecule has 2 rings (SSSR count). The molecule has 0 radical (unpaired) electrons. The third-order valence-corrected chi connectivity index (χ3v) is 2.11. The van der Waals surface area contributed by atoms with Crippen molar-refractivity contribution in [2.24, 2.45) is 5.73 Å². The fourth-order valence-corrected chi connectivity index (χ4v) is 1.44. The van der Waals surface area contributed by atoms with Gasteiger partial charge >= 0.3 is 0 Å². The Kier molecular flexibility index (Phi) is 2.03. The molecule has 78 valence electrons. The summed E-state index contributed by atoms with van der Waals surface area (Å²) in [5.74, 6) is -0.539. The van der Waals surface area contributed by atoms with Gasteiger partial charge in [-0.2, -0.15) is 5.10 Å². The smallest absolute Gasteiger partial charge is 0.269 e. The first-order valence-corrected chi connectivity index (χ1v) is 4.46. The van der Waals surface area contributed by atoms with Crippen molar-refractivity contribution in [3.05, 3.63) is 23.7 Å². The number of fused-ring (bicyclic) bond motifs is 1. The molecule has 0 aliphatic carbocycles. The molecule has 6 nitrogen and oxygen atoms in total. The Bertz CT molecular complexity index is 531. The first-order valence-electron chi connectivity index (χ1n) is 4.46. The van der Waals surface area contributed by atoms with Gasteiger partial charge in [-0.3, -0.25) is 4.79 Å². The highest BCUT2D eigenvalue weighted by Gasteiger charge is 2.12. The molecule has 15 heavy (non-hydrogen) atoms. The van der Waals surface area contributed by atoms with Crippen LogP contribution in [0.5, 0.6) is 0 Å². The Morgan fingerprint density at radius 1 is 1.60 bits per heavy atom. The molecule has 3 N–H and O–H groups in total. The van der Waals surface area contributed by atoms with E-state index in [2.05, 4.69) is 15.4 Å². The van der Waals surface area contributed by atoms with Gasteiger partial charge < -0.3 is 11.1 Å². The van der Waals surface area contributed by atoms with Gasteiger partial charge in [-0.1, -0.05) is 0 Å². The highest BCUT2D eigenvalue weighted by molar-refractivity contribution is 5.92.